The number of halogens is 1. The first-order valence-corrected chi connectivity index (χ1v) is 13.5. The molecule has 3 aromatic carbocycles. The Kier molecular flexibility index (Phi) is 9.13. The number of hydrogen-bond acceptors (Lipinski definition) is 6. The second-order valence-electron chi connectivity index (χ2n) is 10.5. The minimum absolute atomic E-state index is 0.0338. The quantitative estimate of drug-likeness (QED) is 0.212. The Hall–Kier alpha value is -4.80. The number of amides is 1. The number of nitrogens with zero attached hydrogens (tertiary/aromatic N) is 1. The highest BCUT2D eigenvalue weighted by Crippen LogP contribution is 2.37. The van der Waals surface area contributed by atoms with Crippen molar-refractivity contribution in [3.8, 4) is 28.0 Å². The van der Waals surface area contributed by atoms with Gasteiger partial charge in [-0.25, -0.2) is 4.39 Å². The van der Waals surface area contributed by atoms with Crippen molar-refractivity contribution < 1.29 is 28.9 Å². The molecular weight excluding hydrogens is 553 g/mol. The number of methoxy groups -OCH3 is 1. The fraction of sp³-hybridized carbons (Fsp3) is 0.242. The molecule has 0 fully saturated rings. The number of hydrogen-bond donors (Lipinski definition) is 4. The van der Waals surface area contributed by atoms with Crippen molar-refractivity contribution in [1.29, 1.82) is 0 Å². The van der Waals surface area contributed by atoms with Gasteiger partial charge in [-0.05, 0) is 84.5 Å². The molecule has 1 atom stereocenters. The van der Waals surface area contributed by atoms with Crippen LogP contribution in [0.4, 0.5) is 10.1 Å². The van der Waals surface area contributed by atoms with Crippen LogP contribution >= 0.6 is 0 Å². The number of carbonyl (C=O) groups is 2. The first kappa shape index (κ1) is 31.1. The van der Waals surface area contributed by atoms with E-state index in [0.717, 1.165) is 27.8 Å². The molecule has 0 saturated heterocycles. The highest BCUT2D eigenvalue weighted by Gasteiger charge is 2.32. The van der Waals surface area contributed by atoms with Gasteiger partial charge in [0.25, 0.3) is 11.5 Å². The molecule has 1 heterocycles. The van der Waals surface area contributed by atoms with E-state index in [-0.39, 0.29) is 23.4 Å². The number of benzene rings is 3. The summed E-state index contributed by atoms with van der Waals surface area (Å²) in [6.45, 7) is 4.26. The van der Waals surface area contributed by atoms with Crippen LogP contribution in [0.3, 0.4) is 0 Å². The third-order valence-corrected chi connectivity index (χ3v) is 7.70. The summed E-state index contributed by atoms with van der Waals surface area (Å²) in [5, 5.41) is 24.5. The molecule has 0 unspecified atom stereocenters. The molecule has 1 aromatic heterocycles. The molecule has 0 aliphatic heterocycles. The van der Waals surface area contributed by atoms with Gasteiger partial charge < -0.3 is 24.8 Å². The van der Waals surface area contributed by atoms with E-state index in [4.69, 9.17) is 4.74 Å². The normalized spacial score (nSPS) is 12.4. The first-order chi connectivity index (χ1) is 20.4. The van der Waals surface area contributed by atoms with Crippen LogP contribution in [0.2, 0.25) is 0 Å². The summed E-state index contributed by atoms with van der Waals surface area (Å²) >= 11 is 0. The topological polar surface area (TPSA) is 130 Å². The summed E-state index contributed by atoms with van der Waals surface area (Å²) in [5.74, 6) is -2.13. The molecule has 43 heavy (non-hydrogen) atoms. The average molecular weight is 588 g/mol. The lowest BCUT2D eigenvalue weighted by atomic mass is 9.90. The van der Waals surface area contributed by atoms with E-state index >= 15 is 4.39 Å². The summed E-state index contributed by atoms with van der Waals surface area (Å²) in [7, 11) is 2.99. The van der Waals surface area contributed by atoms with Gasteiger partial charge in [0.05, 0.1) is 13.7 Å². The zero-order valence-corrected chi connectivity index (χ0v) is 24.6. The molecule has 4 aromatic rings. The first-order valence-electron chi connectivity index (χ1n) is 13.5. The van der Waals surface area contributed by atoms with Crippen LogP contribution in [0.25, 0.3) is 22.3 Å². The monoisotopic (exact) mass is 587 g/mol. The molecule has 1 amide bonds. The van der Waals surface area contributed by atoms with Gasteiger partial charge in [-0.3, -0.25) is 19.7 Å². The van der Waals surface area contributed by atoms with Gasteiger partial charge in [0.2, 0.25) is 0 Å². The van der Waals surface area contributed by atoms with Crippen LogP contribution in [-0.2, 0) is 18.4 Å². The number of aliphatic hydroxyl groups excluding tert-OH is 1. The molecule has 0 bridgehead atoms. The number of aryl methyl sites for hydroxylation is 1. The third kappa shape index (κ3) is 6.20. The molecule has 10 heteroatoms. The van der Waals surface area contributed by atoms with Gasteiger partial charge in [0, 0.05) is 31.0 Å². The smallest absolute Gasteiger partial charge is 0.326 e. The van der Waals surface area contributed by atoms with Crippen molar-refractivity contribution >= 4 is 17.6 Å². The number of carboxylic acids is 1. The maximum absolute atomic E-state index is 15.5. The molecule has 224 valence electrons. The van der Waals surface area contributed by atoms with Gasteiger partial charge in [-0.1, -0.05) is 30.3 Å². The summed E-state index contributed by atoms with van der Waals surface area (Å²) in [6.07, 6.45) is 1.58. The number of carbonyl (C=O) groups excluding carboxylic acids is 1. The van der Waals surface area contributed by atoms with Crippen molar-refractivity contribution in [2.75, 3.05) is 19.0 Å². The SMILES string of the molecule is COc1cc(-c2cccc(-c3cccc(NC(=O)c4cccn(C)c4=O)c3C)c2C)cc(F)c1CN[C@@](C)(CO)C(=O)O. The number of aliphatic hydroxyl groups is 1. The number of carboxylic acid groups (broad SMARTS) is 1. The molecule has 0 aliphatic carbocycles. The van der Waals surface area contributed by atoms with E-state index in [2.05, 4.69) is 10.6 Å². The summed E-state index contributed by atoms with van der Waals surface area (Å²) < 4.78 is 22.3. The number of anilines is 1. The largest absolute Gasteiger partial charge is 0.496 e. The Bertz CT molecular complexity index is 1770. The fourth-order valence-corrected chi connectivity index (χ4v) is 4.87. The van der Waals surface area contributed by atoms with Gasteiger partial charge >= 0.3 is 5.97 Å². The highest BCUT2D eigenvalue weighted by atomic mass is 19.1. The molecule has 0 aliphatic rings. The fourth-order valence-electron chi connectivity index (χ4n) is 4.87. The lowest BCUT2D eigenvalue weighted by Crippen LogP contribution is -2.52. The van der Waals surface area contributed by atoms with Crippen LogP contribution in [0, 0.1) is 19.7 Å². The number of nitrogens with one attached hydrogen (secondary N) is 2. The lowest BCUT2D eigenvalue weighted by Gasteiger charge is -2.24. The minimum atomic E-state index is -1.65. The number of aromatic nitrogens is 1. The van der Waals surface area contributed by atoms with E-state index in [1.807, 2.05) is 44.2 Å². The summed E-state index contributed by atoms with van der Waals surface area (Å²) in [6, 6.07) is 17.3. The van der Waals surface area contributed by atoms with Crippen molar-refractivity contribution in [2.45, 2.75) is 32.9 Å². The Morgan fingerprint density at radius 3 is 2.30 bits per heavy atom. The van der Waals surface area contributed by atoms with Crippen LogP contribution in [0.15, 0.2) is 71.7 Å². The average Bonchev–Trinajstić information content (AvgIpc) is 2.98. The van der Waals surface area contributed by atoms with Crippen LogP contribution in [-0.4, -0.2) is 45.9 Å². The molecule has 4 rings (SSSR count). The van der Waals surface area contributed by atoms with Gasteiger partial charge in [-0.2, -0.15) is 0 Å². The predicted octanol–water partition coefficient (Wildman–Crippen LogP) is 4.66. The van der Waals surface area contributed by atoms with Gasteiger partial charge in [-0.15, -0.1) is 0 Å². The van der Waals surface area contributed by atoms with E-state index in [1.165, 1.54) is 30.7 Å². The van der Waals surface area contributed by atoms with Crippen LogP contribution in [0.1, 0.15) is 34.0 Å². The van der Waals surface area contributed by atoms with E-state index in [0.29, 0.717) is 11.3 Å². The van der Waals surface area contributed by atoms with Crippen molar-refractivity contribution in [3.05, 3.63) is 105 Å². The molecule has 4 N–H and O–H groups in total. The summed E-state index contributed by atoms with van der Waals surface area (Å²) in [4.78, 5) is 36.9. The molecular formula is C33H34FN3O6. The van der Waals surface area contributed by atoms with Crippen molar-refractivity contribution in [3.63, 3.8) is 0 Å². The van der Waals surface area contributed by atoms with Gasteiger partial charge in [0.1, 0.15) is 22.7 Å². The molecule has 0 spiro atoms. The third-order valence-electron chi connectivity index (χ3n) is 7.70. The predicted molar refractivity (Wildman–Crippen MR) is 163 cm³/mol. The van der Waals surface area contributed by atoms with E-state index in [1.54, 1.807) is 31.4 Å². The summed E-state index contributed by atoms with van der Waals surface area (Å²) in [5.41, 5.74) is 3.35. The number of aliphatic carboxylic acids is 1. The highest BCUT2D eigenvalue weighted by molar-refractivity contribution is 6.05. The number of ether oxygens (including phenoxy) is 1. The zero-order valence-electron chi connectivity index (χ0n) is 24.6. The minimum Gasteiger partial charge on any atom is -0.496 e. The van der Waals surface area contributed by atoms with Crippen molar-refractivity contribution in [2.24, 2.45) is 7.05 Å². The Labute approximate surface area is 248 Å². The van der Waals surface area contributed by atoms with Gasteiger partial charge in [0.15, 0.2) is 0 Å². The second kappa shape index (κ2) is 12.6. The number of rotatable bonds is 10. The lowest BCUT2D eigenvalue weighted by molar-refractivity contribution is -0.145. The maximum Gasteiger partial charge on any atom is 0.326 e. The Morgan fingerprint density at radius 1 is 1.00 bits per heavy atom. The standard InChI is InChI=1S/C33H34FN3O6/c1-19-22(21-15-27(34)26(29(16-21)43-5)17-35-33(3,18-38)32(41)42)9-6-10-23(19)24-11-7-13-28(20(24)2)36-30(39)25-12-8-14-37(4)31(25)40/h6-16,35,38H,17-18H2,1-5H3,(H,36,39)(H,41,42)/t33-/m0/s1. The van der Waals surface area contributed by atoms with E-state index < -0.39 is 35.4 Å². The molecule has 0 radical (unpaired) electrons. The molecule has 0 saturated carbocycles. The number of pyridine rings is 1. The van der Waals surface area contributed by atoms with Crippen molar-refractivity contribution in [1.82, 2.24) is 9.88 Å². The zero-order chi connectivity index (χ0) is 31.5. The Morgan fingerprint density at radius 2 is 1.65 bits per heavy atom. The van der Waals surface area contributed by atoms with Crippen LogP contribution < -0.4 is 20.9 Å². The second-order valence-corrected chi connectivity index (χ2v) is 10.5. The Balaban J connectivity index is 1.69. The molecule has 9 nitrogen and oxygen atoms in total. The van der Waals surface area contributed by atoms with Crippen LogP contribution in [0.5, 0.6) is 5.75 Å². The van der Waals surface area contributed by atoms with E-state index in [9.17, 15) is 24.6 Å². The maximum atomic E-state index is 15.5.